The molecule has 24 heavy (non-hydrogen) atoms. The Morgan fingerprint density at radius 2 is 1.88 bits per heavy atom. The molecule has 0 atom stereocenters. The molecule has 0 saturated carbocycles. The van der Waals surface area contributed by atoms with E-state index in [2.05, 4.69) is 10.6 Å². The number of amides is 3. The number of nitrogens with one attached hydrogen (secondary N) is 2. The molecule has 126 valence electrons. The minimum Gasteiger partial charge on any atom is -0.469 e. The molecule has 0 bridgehead atoms. The molecule has 2 rings (SSSR count). The number of aryl methyl sites for hydroxylation is 3. The van der Waals surface area contributed by atoms with Gasteiger partial charge in [0.25, 0.3) is 5.91 Å². The van der Waals surface area contributed by atoms with E-state index >= 15 is 0 Å². The lowest BCUT2D eigenvalue weighted by Gasteiger charge is -2.10. The van der Waals surface area contributed by atoms with Crippen molar-refractivity contribution in [2.45, 2.75) is 20.8 Å². The van der Waals surface area contributed by atoms with Gasteiger partial charge >= 0.3 is 12.0 Å². The van der Waals surface area contributed by atoms with E-state index in [1.165, 1.54) is 12.3 Å². The van der Waals surface area contributed by atoms with Crippen molar-refractivity contribution in [3.05, 3.63) is 53.0 Å². The van der Waals surface area contributed by atoms with Crippen molar-refractivity contribution in [3.63, 3.8) is 0 Å². The van der Waals surface area contributed by atoms with Crippen molar-refractivity contribution in [3.8, 4) is 0 Å². The fourth-order valence-electron chi connectivity index (χ4n) is 2.08. The summed E-state index contributed by atoms with van der Waals surface area (Å²) in [6.45, 7) is 4.83. The maximum atomic E-state index is 11.8. The van der Waals surface area contributed by atoms with Gasteiger partial charge < -0.3 is 14.5 Å². The lowest BCUT2D eigenvalue weighted by atomic mass is 10.1. The Bertz CT molecular complexity index is 779. The van der Waals surface area contributed by atoms with Crippen LogP contribution in [0.5, 0.6) is 0 Å². The van der Waals surface area contributed by atoms with Gasteiger partial charge in [-0.05, 0) is 38.5 Å². The summed E-state index contributed by atoms with van der Waals surface area (Å²) in [6, 6.07) is 6.26. The number of benzene rings is 1. The van der Waals surface area contributed by atoms with Crippen molar-refractivity contribution < 1.29 is 23.5 Å². The van der Waals surface area contributed by atoms with Crippen molar-refractivity contribution in [1.29, 1.82) is 0 Å². The Morgan fingerprint density at radius 3 is 2.50 bits per heavy atom. The Balaban J connectivity index is 1.82. The molecule has 0 unspecified atom stereocenters. The molecule has 0 aliphatic carbocycles. The van der Waals surface area contributed by atoms with E-state index in [4.69, 9.17) is 9.15 Å². The lowest BCUT2D eigenvalue weighted by Crippen LogP contribution is -2.37. The zero-order chi connectivity index (χ0) is 17.7. The van der Waals surface area contributed by atoms with Gasteiger partial charge in [0.15, 0.2) is 6.61 Å². The second-order valence-corrected chi connectivity index (χ2v) is 5.29. The molecule has 7 nitrogen and oxygen atoms in total. The first-order chi connectivity index (χ1) is 11.4. The first-order valence-corrected chi connectivity index (χ1v) is 7.26. The number of carbonyl (C=O) groups excluding carboxylic acids is 3. The predicted molar refractivity (Wildman–Crippen MR) is 86.8 cm³/mol. The number of imide groups is 1. The SMILES string of the molecule is Cc1ccc(NC(=O)NC(=O)COC(=O)c2ccoc2C)c(C)c1. The Kier molecular flexibility index (Phi) is 5.36. The number of hydrogen-bond acceptors (Lipinski definition) is 5. The van der Waals surface area contributed by atoms with Crippen LogP contribution in [0.4, 0.5) is 10.5 Å². The standard InChI is InChI=1S/C17H18N2O5/c1-10-4-5-14(11(2)8-10)18-17(22)19-15(20)9-24-16(21)13-6-7-23-12(13)3/h4-8H,9H2,1-3H3,(H2,18,19,20,22). The third-order valence-corrected chi connectivity index (χ3v) is 3.30. The predicted octanol–water partition coefficient (Wildman–Crippen LogP) is 2.71. The van der Waals surface area contributed by atoms with Crippen LogP contribution < -0.4 is 10.6 Å². The van der Waals surface area contributed by atoms with Gasteiger partial charge in [-0.25, -0.2) is 9.59 Å². The number of rotatable bonds is 4. The molecule has 3 amide bonds. The van der Waals surface area contributed by atoms with E-state index < -0.39 is 24.5 Å². The summed E-state index contributed by atoms with van der Waals surface area (Å²) in [5, 5.41) is 4.66. The molecule has 0 aliphatic heterocycles. The van der Waals surface area contributed by atoms with Crippen LogP contribution in [0.3, 0.4) is 0 Å². The topological polar surface area (TPSA) is 97.6 Å². The van der Waals surface area contributed by atoms with E-state index in [0.717, 1.165) is 11.1 Å². The summed E-state index contributed by atoms with van der Waals surface area (Å²) in [6.07, 6.45) is 1.35. The van der Waals surface area contributed by atoms with Crippen LogP contribution in [-0.4, -0.2) is 24.5 Å². The Labute approximate surface area is 139 Å². The largest absolute Gasteiger partial charge is 0.469 e. The third-order valence-electron chi connectivity index (χ3n) is 3.30. The van der Waals surface area contributed by atoms with Crippen molar-refractivity contribution in [2.75, 3.05) is 11.9 Å². The molecule has 2 N–H and O–H groups in total. The van der Waals surface area contributed by atoms with Crippen LogP contribution >= 0.6 is 0 Å². The normalized spacial score (nSPS) is 10.1. The molecule has 1 aromatic heterocycles. The summed E-state index contributed by atoms with van der Waals surface area (Å²) in [7, 11) is 0. The highest BCUT2D eigenvalue weighted by atomic mass is 16.5. The van der Waals surface area contributed by atoms with Gasteiger partial charge in [-0.1, -0.05) is 17.7 Å². The number of ether oxygens (including phenoxy) is 1. The Hall–Kier alpha value is -3.09. The summed E-state index contributed by atoms with van der Waals surface area (Å²) >= 11 is 0. The van der Waals surface area contributed by atoms with Gasteiger partial charge in [0.2, 0.25) is 0 Å². The second-order valence-electron chi connectivity index (χ2n) is 5.29. The highest BCUT2D eigenvalue weighted by Crippen LogP contribution is 2.15. The van der Waals surface area contributed by atoms with Gasteiger partial charge in [0.1, 0.15) is 11.3 Å². The molecule has 2 aromatic rings. The fourth-order valence-corrected chi connectivity index (χ4v) is 2.08. The molecular weight excluding hydrogens is 312 g/mol. The first kappa shape index (κ1) is 17.3. The number of esters is 1. The second kappa shape index (κ2) is 7.45. The van der Waals surface area contributed by atoms with E-state index in [1.54, 1.807) is 13.0 Å². The van der Waals surface area contributed by atoms with Gasteiger partial charge in [-0.2, -0.15) is 0 Å². The molecule has 1 heterocycles. The number of carbonyl (C=O) groups is 3. The molecular formula is C17H18N2O5. The molecule has 0 saturated heterocycles. The van der Waals surface area contributed by atoms with Crippen molar-refractivity contribution >= 4 is 23.6 Å². The minimum absolute atomic E-state index is 0.238. The zero-order valence-corrected chi connectivity index (χ0v) is 13.6. The molecule has 0 aliphatic rings. The first-order valence-electron chi connectivity index (χ1n) is 7.26. The van der Waals surface area contributed by atoms with Gasteiger partial charge in [-0.3, -0.25) is 10.1 Å². The lowest BCUT2D eigenvalue weighted by molar-refractivity contribution is -0.123. The number of anilines is 1. The molecule has 0 fully saturated rings. The van der Waals surface area contributed by atoms with Crippen molar-refractivity contribution in [2.24, 2.45) is 0 Å². The molecule has 0 spiro atoms. The van der Waals surface area contributed by atoms with Gasteiger partial charge in [0.05, 0.1) is 6.26 Å². The van der Waals surface area contributed by atoms with Crippen LogP contribution in [0.2, 0.25) is 0 Å². The van der Waals surface area contributed by atoms with E-state index in [9.17, 15) is 14.4 Å². The molecule has 7 heteroatoms. The van der Waals surface area contributed by atoms with Crippen LogP contribution in [0, 0.1) is 20.8 Å². The highest BCUT2D eigenvalue weighted by molar-refractivity contribution is 6.02. The number of urea groups is 1. The van der Waals surface area contributed by atoms with E-state index in [1.807, 2.05) is 26.0 Å². The minimum atomic E-state index is -0.730. The van der Waals surface area contributed by atoms with Crippen molar-refractivity contribution in [1.82, 2.24) is 5.32 Å². The average Bonchev–Trinajstić information content (AvgIpc) is 2.94. The third kappa shape index (κ3) is 4.45. The fraction of sp³-hybridized carbons (Fsp3) is 0.235. The van der Waals surface area contributed by atoms with Crippen LogP contribution in [0.1, 0.15) is 27.2 Å². The summed E-state index contributed by atoms with van der Waals surface area (Å²) in [4.78, 5) is 35.2. The average molecular weight is 330 g/mol. The van der Waals surface area contributed by atoms with Gasteiger partial charge in [0, 0.05) is 5.69 Å². The quantitative estimate of drug-likeness (QED) is 0.840. The monoisotopic (exact) mass is 330 g/mol. The molecule has 0 radical (unpaired) electrons. The van der Waals surface area contributed by atoms with Gasteiger partial charge in [-0.15, -0.1) is 0 Å². The number of hydrogen-bond donors (Lipinski definition) is 2. The van der Waals surface area contributed by atoms with Crippen LogP contribution in [0.15, 0.2) is 34.9 Å². The van der Waals surface area contributed by atoms with E-state index in [-0.39, 0.29) is 5.56 Å². The maximum absolute atomic E-state index is 11.8. The van der Waals surface area contributed by atoms with E-state index in [0.29, 0.717) is 11.4 Å². The molecule has 1 aromatic carbocycles. The zero-order valence-electron chi connectivity index (χ0n) is 13.6. The number of furan rings is 1. The Morgan fingerprint density at radius 1 is 1.12 bits per heavy atom. The van der Waals surface area contributed by atoms with Crippen LogP contribution in [-0.2, 0) is 9.53 Å². The maximum Gasteiger partial charge on any atom is 0.342 e. The summed E-state index contributed by atoms with van der Waals surface area (Å²) in [5.41, 5.74) is 2.77. The van der Waals surface area contributed by atoms with Crippen LogP contribution in [0.25, 0.3) is 0 Å². The highest BCUT2D eigenvalue weighted by Gasteiger charge is 2.16. The summed E-state index contributed by atoms with van der Waals surface area (Å²) < 4.78 is 9.81. The summed E-state index contributed by atoms with van der Waals surface area (Å²) in [5.74, 6) is -1.02. The smallest absolute Gasteiger partial charge is 0.342 e.